The van der Waals surface area contributed by atoms with Gasteiger partial charge in [0.2, 0.25) is 0 Å². The lowest BCUT2D eigenvalue weighted by Gasteiger charge is -2.08. The Morgan fingerprint density at radius 2 is 1.88 bits per heavy atom. The normalized spacial score (nSPS) is 10.6. The third kappa shape index (κ3) is 6.26. The lowest BCUT2D eigenvalue weighted by Crippen LogP contribution is -2.24. The average Bonchev–Trinajstić information content (AvgIpc) is 2.35. The van der Waals surface area contributed by atoms with Crippen LogP contribution in [-0.4, -0.2) is 33.4 Å². The molecule has 0 saturated heterocycles. The van der Waals surface area contributed by atoms with Crippen molar-refractivity contribution in [1.82, 2.24) is 10.6 Å². The number of anilines is 1. The molecule has 4 heteroatoms. The predicted octanol–water partition coefficient (Wildman–Crippen LogP) is 0.984. The maximum atomic E-state index is 5.85. The highest BCUT2D eigenvalue weighted by Crippen LogP contribution is 2.09. The van der Waals surface area contributed by atoms with Gasteiger partial charge in [-0.25, -0.2) is 0 Å². The molecule has 0 aliphatic carbocycles. The molecule has 0 atom stereocenters. The molecule has 0 aliphatic rings. The third-order valence-electron chi connectivity index (χ3n) is 2.56. The van der Waals surface area contributed by atoms with Crippen LogP contribution in [0.1, 0.15) is 12.0 Å². The molecule has 0 spiro atoms. The van der Waals surface area contributed by atoms with Crippen molar-refractivity contribution in [3.63, 3.8) is 0 Å². The summed E-state index contributed by atoms with van der Waals surface area (Å²) in [5.41, 5.74) is 7.88. The fraction of sp³-hybridized carbons (Fsp3) is 0.538. The number of nitrogens with two attached hydrogens (primary N) is 1. The zero-order valence-corrected chi connectivity index (χ0v) is 10.5. The number of rotatable bonds is 9. The Kier molecular flexibility index (Phi) is 7.38. The number of hydrogen-bond acceptors (Lipinski definition) is 4. The summed E-state index contributed by atoms with van der Waals surface area (Å²) in [6, 6.07) is 7.96. The molecule has 4 nitrogen and oxygen atoms in total. The van der Waals surface area contributed by atoms with Crippen molar-refractivity contribution in [3.05, 3.63) is 29.8 Å². The largest absolute Gasteiger partial charge is 0.398 e. The Labute approximate surface area is 104 Å². The van der Waals surface area contributed by atoms with E-state index in [1.807, 2.05) is 18.2 Å². The first-order valence-electron chi connectivity index (χ1n) is 6.08. The Balaban J connectivity index is 1.99. The van der Waals surface area contributed by atoms with Gasteiger partial charge in [-0.2, -0.15) is 0 Å². The number of nitrogens with one attached hydrogen (secondary N) is 2. The quantitative estimate of drug-likeness (QED) is 0.443. The van der Waals surface area contributed by atoms with Gasteiger partial charge in [0.25, 0.3) is 0 Å². The van der Waals surface area contributed by atoms with Crippen LogP contribution in [0.5, 0.6) is 0 Å². The van der Waals surface area contributed by atoms with Gasteiger partial charge in [0.1, 0.15) is 0 Å². The van der Waals surface area contributed by atoms with Crippen LogP contribution >= 0.6 is 0 Å². The minimum atomic E-state index is 0.772. The van der Waals surface area contributed by atoms with Crippen molar-refractivity contribution in [2.45, 2.75) is 13.0 Å². The van der Waals surface area contributed by atoms with Gasteiger partial charge in [0, 0.05) is 25.9 Å². The van der Waals surface area contributed by atoms with E-state index in [2.05, 4.69) is 16.7 Å². The highest BCUT2D eigenvalue weighted by Gasteiger charge is 1.96. The van der Waals surface area contributed by atoms with Crippen molar-refractivity contribution < 1.29 is 4.74 Å². The highest BCUT2D eigenvalue weighted by atomic mass is 16.5. The smallest absolute Gasteiger partial charge is 0.0587 e. The fourth-order valence-electron chi connectivity index (χ4n) is 1.56. The van der Waals surface area contributed by atoms with Gasteiger partial charge in [0.05, 0.1) is 6.61 Å². The van der Waals surface area contributed by atoms with Crippen LogP contribution in [0, 0.1) is 0 Å². The summed E-state index contributed by atoms with van der Waals surface area (Å²) in [7, 11) is 1.72. The van der Waals surface area contributed by atoms with Crippen molar-refractivity contribution in [2.75, 3.05) is 39.1 Å². The lowest BCUT2D eigenvalue weighted by molar-refractivity contribution is 0.199. The summed E-state index contributed by atoms with van der Waals surface area (Å²) in [6.45, 7) is 4.54. The van der Waals surface area contributed by atoms with Crippen molar-refractivity contribution in [2.24, 2.45) is 0 Å². The summed E-state index contributed by atoms with van der Waals surface area (Å²) in [4.78, 5) is 0. The van der Waals surface area contributed by atoms with Gasteiger partial charge in [-0.05, 0) is 31.1 Å². The van der Waals surface area contributed by atoms with E-state index < -0.39 is 0 Å². The van der Waals surface area contributed by atoms with Crippen LogP contribution in [0.4, 0.5) is 5.69 Å². The van der Waals surface area contributed by atoms with Gasteiger partial charge in [-0.1, -0.05) is 18.2 Å². The Bertz CT molecular complexity index is 304. The van der Waals surface area contributed by atoms with Gasteiger partial charge in [-0.3, -0.25) is 0 Å². The van der Waals surface area contributed by atoms with E-state index in [0.29, 0.717) is 0 Å². The molecular formula is C13H23N3O. The number of para-hydroxylation sites is 1. The second-order valence-corrected chi connectivity index (χ2v) is 3.97. The topological polar surface area (TPSA) is 59.3 Å². The average molecular weight is 237 g/mol. The van der Waals surface area contributed by atoms with Crippen LogP contribution < -0.4 is 16.4 Å². The Morgan fingerprint density at radius 1 is 1.12 bits per heavy atom. The van der Waals surface area contributed by atoms with E-state index in [1.54, 1.807) is 7.11 Å². The Hall–Kier alpha value is -1.10. The van der Waals surface area contributed by atoms with E-state index in [9.17, 15) is 0 Å². The zero-order chi connectivity index (χ0) is 12.3. The lowest BCUT2D eigenvalue weighted by atomic mass is 10.2. The molecule has 0 fully saturated rings. The maximum absolute atomic E-state index is 5.85. The second kappa shape index (κ2) is 8.98. The third-order valence-corrected chi connectivity index (χ3v) is 2.56. The van der Waals surface area contributed by atoms with Crippen LogP contribution in [0.15, 0.2) is 24.3 Å². The molecule has 1 rings (SSSR count). The number of benzene rings is 1. The van der Waals surface area contributed by atoms with E-state index >= 15 is 0 Å². The molecule has 1 aromatic carbocycles. The van der Waals surface area contributed by atoms with Crippen molar-refractivity contribution in [1.29, 1.82) is 0 Å². The molecule has 0 aromatic heterocycles. The summed E-state index contributed by atoms with van der Waals surface area (Å²) < 4.78 is 4.95. The SMILES string of the molecule is COCCNCCCNCc1ccccc1N. The first-order chi connectivity index (χ1) is 8.34. The van der Waals surface area contributed by atoms with Gasteiger partial charge < -0.3 is 21.1 Å². The van der Waals surface area contributed by atoms with Gasteiger partial charge >= 0.3 is 0 Å². The van der Waals surface area contributed by atoms with Crippen molar-refractivity contribution >= 4 is 5.69 Å². The molecule has 4 N–H and O–H groups in total. The molecule has 0 aliphatic heterocycles. The number of methoxy groups -OCH3 is 1. The minimum Gasteiger partial charge on any atom is -0.398 e. The first kappa shape index (κ1) is 14.0. The molecule has 0 heterocycles. The number of hydrogen-bond donors (Lipinski definition) is 3. The van der Waals surface area contributed by atoms with Crippen LogP contribution in [0.25, 0.3) is 0 Å². The van der Waals surface area contributed by atoms with Crippen molar-refractivity contribution in [3.8, 4) is 0 Å². The molecule has 17 heavy (non-hydrogen) atoms. The Morgan fingerprint density at radius 3 is 2.65 bits per heavy atom. The van der Waals surface area contributed by atoms with E-state index in [4.69, 9.17) is 10.5 Å². The first-order valence-corrected chi connectivity index (χ1v) is 6.08. The van der Waals surface area contributed by atoms with E-state index in [-0.39, 0.29) is 0 Å². The molecule has 96 valence electrons. The van der Waals surface area contributed by atoms with Crippen LogP contribution in [0.2, 0.25) is 0 Å². The summed E-state index contributed by atoms with van der Waals surface area (Å²) in [5, 5.41) is 6.69. The predicted molar refractivity (Wildman–Crippen MR) is 71.9 cm³/mol. The van der Waals surface area contributed by atoms with Crippen LogP contribution in [-0.2, 0) is 11.3 Å². The molecule has 0 saturated carbocycles. The molecule has 0 radical (unpaired) electrons. The van der Waals surface area contributed by atoms with E-state index in [0.717, 1.165) is 44.9 Å². The second-order valence-electron chi connectivity index (χ2n) is 3.97. The fourth-order valence-corrected chi connectivity index (χ4v) is 1.56. The summed E-state index contributed by atoms with van der Waals surface area (Å²) in [6.07, 6.45) is 1.11. The number of ether oxygens (including phenoxy) is 1. The standard InChI is InChI=1S/C13H23N3O/c1-17-10-9-15-7-4-8-16-11-12-5-2-3-6-13(12)14/h2-3,5-6,15-16H,4,7-11,14H2,1H3. The minimum absolute atomic E-state index is 0.772. The monoisotopic (exact) mass is 237 g/mol. The molecule has 1 aromatic rings. The van der Waals surface area contributed by atoms with Crippen LogP contribution in [0.3, 0.4) is 0 Å². The summed E-state index contributed by atoms with van der Waals surface area (Å²) >= 11 is 0. The van der Waals surface area contributed by atoms with Gasteiger partial charge in [0.15, 0.2) is 0 Å². The molecule has 0 bridgehead atoms. The molecule has 0 amide bonds. The maximum Gasteiger partial charge on any atom is 0.0587 e. The zero-order valence-electron chi connectivity index (χ0n) is 10.5. The van der Waals surface area contributed by atoms with E-state index in [1.165, 1.54) is 5.56 Å². The van der Waals surface area contributed by atoms with Gasteiger partial charge in [-0.15, -0.1) is 0 Å². The summed E-state index contributed by atoms with van der Waals surface area (Å²) in [5.74, 6) is 0. The molecule has 0 unspecified atom stereocenters. The highest BCUT2D eigenvalue weighted by molar-refractivity contribution is 5.46. The molecular weight excluding hydrogens is 214 g/mol. The number of nitrogen functional groups attached to an aromatic ring is 1.